The van der Waals surface area contributed by atoms with Crippen LogP contribution in [0, 0.1) is 5.92 Å². The first kappa shape index (κ1) is 15.1. The van der Waals surface area contributed by atoms with E-state index in [4.69, 9.17) is 9.57 Å². The van der Waals surface area contributed by atoms with Crippen LogP contribution in [-0.4, -0.2) is 23.7 Å². The summed E-state index contributed by atoms with van der Waals surface area (Å²) in [6.45, 7) is 0.360. The smallest absolute Gasteiger partial charge is 0.442 e. The Morgan fingerprint density at radius 3 is 2.30 bits per heavy atom. The van der Waals surface area contributed by atoms with E-state index in [9.17, 15) is 9.59 Å². The maximum atomic E-state index is 12.0. The van der Waals surface area contributed by atoms with E-state index in [0.29, 0.717) is 6.42 Å². The van der Waals surface area contributed by atoms with Gasteiger partial charge in [0.25, 0.3) is 0 Å². The molecule has 0 spiro atoms. The highest BCUT2D eigenvalue weighted by Crippen LogP contribution is 2.20. The predicted molar refractivity (Wildman–Crippen MR) is 83.1 cm³/mol. The highest BCUT2D eigenvalue weighted by atomic mass is 16.8. The molecule has 1 fully saturated rings. The molecule has 0 saturated carbocycles. The SMILES string of the molecule is O=C1ON(C(=O)OCc2ccccc2)C[C@H]1Cc1ccccc1. The predicted octanol–water partition coefficient (Wildman–Crippen LogP) is 2.96. The second kappa shape index (κ2) is 6.96. The van der Waals surface area contributed by atoms with E-state index in [1.54, 1.807) is 0 Å². The minimum Gasteiger partial charge on any atom is -0.442 e. The van der Waals surface area contributed by atoms with E-state index in [2.05, 4.69) is 0 Å². The van der Waals surface area contributed by atoms with E-state index >= 15 is 0 Å². The summed E-state index contributed by atoms with van der Waals surface area (Å²) in [6, 6.07) is 19.0. The molecule has 0 aromatic heterocycles. The van der Waals surface area contributed by atoms with Gasteiger partial charge in [0.1, 0.15) is 6.61 Å². The van der Waals surface area contributed by atoms with Crippen LogP contribution >= 0.6 is 0 Å². The molecule has 0 unspecified atom stereocenters. The molecule has 5 nitrogen and oxygen atoms in total. The number of ether oxygens (including phenoxy) is 1. The van der Waals surface area contributed by atoms with Crippen molar-refractivity contribution >= 4 is 12.1 Å². The van der Waals surface area contributed by atoms with Gasteiger partial charge in [-0.25, -0.2) is 9.59 Å². The highest BCUT2D eigenvalue weighted by Gasteiger charge is 2.37. The van der Waals surface area contributed by atoms with Crippen LogP contribution in [0.4, 0.5) is 4.79 Å². The van der Waals surface area contributed by atoms with Crippen molar-refractivity contribution < 1.29 is 19.2 Å². The van der Waals surface area contributed by atoms with Gasteiger partial charge in [0.05, 0.1) is 12.5 Å². The number of hydrogen-bond acceptors (Lipinski definition) is 4. The van der Waals surface area contributed by atoms with Gasteiger partial charge >= 0.3 is 12.1 Å². The summed E-state index contributed by atoms with van der Waals surface area (Å²) in [5, 5.41) is 0.999. The lowest BCUT2D eigenvalue weighted by Crippen LogP contribution is -2.28. The first-order chi connectivity index (χ1) is 11.2. The molecule has 2 aromatic carbocycles. The molecule has 2 aromatic rings. The van der Waals surface area contributed by atoms with Gasteiger partial charge in [0, 0.05) is 0 Å². The Kier molecular flexibility index (Phi) is 4.57. The van der Waals surface area contributed by atoms with Gasteiger partial charge in [-0.05, 0) is 17.5 Å². The first-order valence-corrected chi connectivity index (χ1v) is 7.46. The van der Waals surface area contributed by atoms with Gasteiger partial charge < -0.3 is 9.57 Å². The number of hydroxylamine groups is 2. The monoisotopic (exact) mass is 311 g/mol. The summed E-state index contributed by atoms with van der Waals surface area (Å²) in [4.78, 5) is 28.9. The first-order valence-electron chi connectivity index (χ1n) is 7.46. The number of carbonyl (C=O) groups excluding carboxylic acids is 2. The fraction of sp³-hybridized carbons (Fsp3) is 0.222. The average molecular weight is 311 g/mol. The molecule has 1 aliphatic heterocycles. The minimum absolute atomic E-state index is 0.150. The number of rotatable bonds is 4. The van der Waals surface area contributed by atoms with Crippen LogP contribution in [0.15, 0.2) is 60.7 Å². The summed E-state index contributed by atoms with van der Waals surface area (Å²) in [7, 11) is 0. The van der Waals surface area contributed by atoms with Crippen molar-refractivity contribution in [3.63, 3.8) is 0 Å². The van der Waals surface area contributed by atoms with Crippen LogP contribution < -0.4 is 0 Å². The van der Waals surface area contributed by atoms with Gasteiger partial charge in [-0.1, -0.05) is 60.7 Å². The molecule has 1 atom stereocenters. The molecule has 1 aliphatic rings. The van der Waals surface area contributed by atoms with Crippen LogP contribution in [0.25, 0.3) is 0 Å². The van der Waals surface area contributed by atoms with Crippen LogP contribution in [0.3, 0.4) is 0 Å². The molecular weight excluding hydrogens is 294 g/mol. The number of carbonyl (C=O) groups is 2. The zero-order chi connectivity index (χ0) is 16.1. The van der Waals surface area contributed by atoms with Crippen molar-refractivity contribution in [2.75, 3.05) is 6.54 Å². The topological polar surface area (TPSA) is 55.8 Å². The Hall–Kier alpha value is -2.82. The van der Waals surface area contributed by atoms with Crippen LogP contribution in [-0.2, 0) is 27.4 Å². The van der Waals surface area contributed by atoms with Gasteiger partial charge in [0.15, 0.2) is 0 Å². The van der Waals surface area contributed by atoms with Crippen molar-refractivity contribution in [2.45, 2.75) is 13.0 Å². The van der Waals surface area contributed by atoms with E-state index in [-0.39, 0.29) is 19.1 Å². The third kappa shape index (κ3) is 3.88. The van der Waals surface area contributed by atoms with Gasteiger partial charge in [-0.3, -0.25) is 0 Å². The standard InChI is InChI=1S/C18H17NO4/c20-17-16(11-14-7-3-1-4-8-14)12-19(23-17)18(21)22-13-15-9-5-2-6-10-15/h1-10,16H,11-13H2/t16-/m1/s1. The second-order valence-corrected chi connectivity index (χ2v) is 5.40. The van der Waals surface area contributed by atoms with E-state index in [1.165, 1.54) is 0 Å². The molecule has 5 heteroatoms. The number of nitrogens with zero attached hydrogens (tertiary/aromatic N) is 1. The van der Waals surface area contributed by atoms with Gasteiger partial charge in [0.2, 0.25) is 0 Å². The van der Waals surface area contributed by atoms with Gasteiger partial charge in [-0.15, -0.1) is 5.06 Å². The lowest BCUT2D eigenvalue weighted by Gasteiger charge is -2.13. The third-order valence-corrected chi connectivity index (χ3v) is 3.65. The molecule has 118 valence electrons. The third-order valence-electron chi connectivity index (χ3n) is 3.65. The molecule has 0 aliphatic carbocycles. The van der Waals surface area contributed by atoms with Crippen molar-refractivity contribution in [3.05, 3.63) is 71.8 Å². The Labute approximate surface area is 134 Å². The average Bonchev–Trinajstić information content (AvgIpc) is 2.95. The van der Waals surface area contributed by atoms with Crippen molar-refractivity contribution in [1.29, 1.82) is 0 Å². The Balaban J connectivity index is 1.53. The molecule has 1 heterocycles. The molecule has 1 saturated heterocycles. The van der Waals surface area contributed by atoms with E-state index in [1.807, 2.05) is 60.7 Å². The molecule has 0 N–H and O–H groups in total. The number of hydrogen-bond donors (Lipinski definition) is 0. The summed E-state index contributed by atoms with van der Waals surface area (Å²) in [5.41, 5.74) is 1.92. The fourth-order valence-corrected chi connectivity index (χ4v) is 2.44. The van der Waals surface area contributed by atoms with E-state index < -0.39 is 12.1 Å². The number of amides is 1. The molecule has 0 radical (unpaired) electrons. The summed E-state index contributed by atoms with van der Waals surface area (Å²) in [5.74, 6) is -0.757. The van der Waals surface area contributed by atoms with Gasteiger partial charge in [-0.2, -0.15) is 0 Å². The normalized spacial score (nSPS) is 17.0. The minimum atomic E-state index is -0.641. The van der Waals surface area contributed by atoms with Crippen LogP contribution in [0.2, 0.25) is 0 Å². The lowest BCUT2D eigenvalue weighted by atomic mass is 10.0. The Morgan fingerprint density at radius 2 is 1.65 bits per heavy atom. The summed E-state index contributed by atoms with van der Waals surface area (Å²) < 4.78 is 5.17. The maximum absolute atomic E-state index is 12.0. The van der Waals surface area contributed by atoms with Crippen LogP contribution in [0.5, 0.6) is 0 Å². The van der Waals surface area contributed by atoms with Crippen molar-refractivity contribution in [2.24, 2.45) is 5.92 Å². The zero-order valence-electron chi connectivity index (χ0n) is 12.6. The molecular formula is C18H17NO4. The lowest BCUT2D eigenvalue weighted by molar-refractivity contribution is -0.165. The van der Waals surface area contributed by atoms with E-state index in [0.717, 1.165) is 16.2 Å². The van der Waals surface area contributed by atoms with Crippen molar-refractivity contribution in [3.8, 4) is 0 Å². The summed E-state index contributed by atoms with van der Waals surface area (Å²) in [6.07, 6.45) is -0.0972. The summed E-state index contributed by atoms with van der Waals surface area (Å²) >= 11 is 0. The quantitative estimate of drug-likeness (QED) is 0.871. The molecule has 1 amide bonds. The fourth-order valence-electron chi connectivity index (χ4n) is 2.44. The molecule has 0 bridgehead atoms. The maximum Gasteiger partial charge on any atom is 0.443 e. The van der Waals surface area contributed by atoms with Crippen molar-refractivity contribution in [1.82, 2.24) is 5.06 Å². The zero-order valence-corrected chi connectivity index (χ0v) is 12.6. The Bertz CT molecular complexity index is 672. The largest absolute Gasteiger partial charge is 0.443 e. The second-order valence-electron chi connectivity index (χ2n) is 5.40. The molecule has 3 rings (SSSR count). The van der Waals surface area contributed by atoms with Crippen LogP contribution in [0.1, 0.15) is 11.1 Å². The molecule has 23 heavy (non-hydrogen) atoms. The highest BCUT2D eigenvalue weighted by molar-refractivity contribution is 5.79. The Morgan fingerprint density at radius 1 is 1.04 bits per heavy atom. The number of benzene rings is 2.